The molecule has 4 rings (SSSR count). The van der Waals surface area contributed by atoms with E-state index >= 15 is 0 Å². The van der Waals surface area contributed by atoms with Crippen molar-refractivity contribution in [3.05, 3.63) is 71.9 Å². The first-order chi connectivity index (χ1) is 12.8. The quantitative estimate of drug-likeness (QED) is 0.784. The van der Waals surface area contributed by atoms with E-state index in [2.05, 4.69) is 5.10 Å². The molecule has 1 aromatic carbocycles. The zero-order valence-corrected chi connectivity index (χ0v) is 14.4. The lowest BCUT2D eigenvalue weighted by Crippen LogP contribution is -2.38. The number of aliphatic hydroxyl groups excluding tert-OH is 1. The first-order valence-corrected chi connectivity index (χ1v) is 8.82. The van der Waals surface area contributed by atoms with Gasteiger partial charge in [0.25, 0.3) is 5.91 Å². The molecule has 3 aromatic rings. The Kier molecular flexibility index (Phi) is 4.58. The molecule has 26 heavy (non-hydrogen) atoms. The summed E-state index contributed by atoms with van der Waals surface area (Å²) in [6.45, 7) is 1.33. The molecule has 1 fully saturated rings. The summed E-state index contributed by atoms with van der Waals surface area (Å²) >= 11 is 0. The maximum atomic E-state index is 12.5. The number of hydrogen-bond acceptors (Lipinski definition) is 4. The molecule has 134 valence electrons. The van der Waals surface area contributed by atoms with Gasteiger partial charge in [-0.15, -0.1) is 0 Å². The van der Waals surface area contributed by atoms with Crippen molar-refractivity contribution >= 4 is 5.91 Å². The number of nitrogens with zero attached hydrogens (tertiary/aromatic N) is 3. The zero-order valence-electron chi connectivity index (χ0n) is 14.4. The molecule has 1 saturated heterocycles. The van der Waals surface area contributed by atoms with Crippen LogP contribution in [0.1, 0.15) is 40.4 Å². The van der Waals surface area contributed by atoms with Crippen molar-refractivity contribution in [3.8, 4) is 5.69 Å². The van der Waals surface area contributed by atoms with E-state index in [9.17, 15) is 9.90 Å². The van der Waals surface area contributed by atoms with Gasteiger partial charge in [0.2, 0.25) is 0 Å². The molecular weight excluding hydrogens is 330 g/mol. The molecule has 1 aliphatic heterocycles. The maximum Gasteiger partial charge on any atom is 0.257 e. The van der Waals surface area contributed by atoms with E-state index in [0.29, 0.717) is 18.7 Å². The van der Waals surface area contributed by atoms with E-state index < -0.39 is 0 Å². The molecule has 2 aromatic heterocycles. The maximum absolute atomic E-state index is 12.5. The van der Waals surface area contributed by atoms with Crippen molar-refractivity contribution in [3.63, 3.8) is 0 Å². The Morgan fingerprint density at radius 3 is 2.62 bits per heavy atom. The number of piperidine rings is 1. The highest BCUT2D eigenvalue weighted by molar-refractivity contribution is 5.93. The molecule has 6 nitrogen and oxygen atoms in total. The largest absolute Gasteiger partial charge is 0.472 e. The lowest BCUT2D eigenvalue weighted by Gasteiger charge is -2.32. The topological polar surface area (TPSA) is 71.5 Å². The summed E-state index contributed by atoms with van der Waals surface area (Å²) in [7, 11) is 0. The third kappa shape index (κ3) is 3.04. The van der Waals surface area contributed by atoms with Crippen LogP contribution in [-0.2, 0) is 6.61 Å². The van der Waals surface area contributed by atoms with E-state index in [1.807, 2.05) is 39.9 Å². The van der Waals surface area contributed by atoms with Gasteiger partial charge in [-0.2, -0.15) is 5.10 Å². The second kappa shape index (κ2) is 7.17. The fourth-order valence-electron chi connectivity index (χ4n) is 3.65. The van der Waals surface area contributed by atoms with E-state index in [0.717, 1.165) is 29.8 Å². The molecule has 3 heterocycles. The average molecular weight is 351 g/mol. The van der Waals surface area contributed by atoms with Crippen LogP contribution in [0.4, 0.5) is 0 Å². The van der Waals surface area contributed by atoms with Crippen molar-refractivity contribution in [1.82, 2.24) is 14.7 Å². The molecule has 1 aliphatic rings. The highest BCUT2D eigenvalue weighted by atomic mass is 16.3. The van der Waals surface area contributed by atoms with Crippen LogP contribution < -0.4 is 0 Å². The summed E-state index contributed by atoms with van der Waals surface area (Å²) in [6, 6.07) is 11.6. The summed E-state index contributed by atoms with van der Waals surface area (Å²) in [6.07, 6.45) is 6.43. The van der Waals surface area contributed by atoms with Gasteiger partial charge in [0, 0.05) is 24.6 Å². The van der Waals surface area contributed by atoms with Gasteiger partial charge in [-0.05, 0) is 31.0 Å². The Labute approximate surface area is 151 Å². The van der Waals surface area contributed by atoms with Crippen LogP contribution in [-0.4, -0.2) is 38.8 Å². The second-order valence-corrected chi connectivity index (χ2v) is 6.54. The molecule has 1 N–H and O–H groups in total. The number of para-hydroxylation sites is 1. The Morgan fingerprint density at radius 2 is 1.96 bits per heavy atom. The number of rotatable bonds is 4. The Balaban J connectivity index is 1.54. The van der Waals surface area contributed by atoms with Crippen molar-refractivity contribution in [2.45, 2.75) is 25.4 Å². The lowest BCUT2D eigenvalue weighted by atomic mass is 9.91. The summed E-state index contributed by atoms with van der Waals surface area (Å²) in [4.78, 5) is 14.3. The predicted molar refractivity (Wildman–Crippen MR) is 96.1 cm³/mol. The van der Waals surface area contributed by atoms with Crippen LogP contribution in [0.5, 0.6) is 0 Å². The smallest absolute Gasteiger partial charge is 0.257 e. The van der Waals surface area contributed by atoms with Crippen LogP contribution >= 0.6 is 0 Å². The lowest BCUT2D eigenvalue weighted by molar-refractivity contribution is 0.0710. The molecule has 0 bridgehead atoms. The number of amides is 1. The normalized spacial score (nSPS) is 15.3. The minimum Gasteiger partial charge on any atom is -0.472 e. The SMILES string of the molecule is O=C(c1ccoc1)N1CCC(c2c(CO)cnn2-c2ccccc2)CC1. The van der Waals surface area contributed by atoms with Crippen LogP contribution in [0.2, 0.25) is 0 Å². The number of carbonyl (C=O) groups excluding carboxylic acids is 1. The van der Waals surface area contributed by atoms with Crippen molar-refractivity contribution in [1.29, 1.82) is 0 Å². The van der Waals surface area contributed by atoms with Crippen LogP contribution in [0.15, 0.2) is 59.5 Å². The monoisotopic (exact) mass is 351 g/mol. The number of benzene rings is 1. The molecule has 0 saturated carbocycles. The molecule has 1 amide bonds. The molecule has 0 spiro atoms. The molecule has 0 atom stereocenters. The third-order valence-electron chi connectivity index (χ3n) is 4.99. The fourth-order valence-corrected chi connectivity index (χ4v) is 3.65. The second-order valence-electron chi connectivity index (χ2n) is 6.54. The van der Waals surface area contributed by atoms with Gasteiger partial charge < -0.3 is 14.4 Å². The fraction of sp³-hybridized carbons (Fsp3) is 0.300. The number of furan rings is 1. The van der Waals surface area contributed by atoms with E-state index in [1.54, 1.807) is 12.3 Å². The van der Waals surface area contributed by atoms with Gasteiger partial charge >= 0.3 is 0 Å². The predicted octanol–water partition coefficient (Wildman–Crippen LogP) is 2.98. The van der Waals surface area contributed by atoms with Gasteiger partial charge in [-0.25, -0.2) is 4.68 Å². The average Bonchev–Trinajstić information content (AvgIpc) is 3.38. The first-order valence-electron chi connectivity index (χ1n) is 8.82. The highest BCUT2D eigenvalue weighted by Gasteiger charge is 2.29. The van der Waals surface area contributed by atoms with Gasteiger partial charge in [0.15, 0.2) is 0 Å². The zero-order chi connectivity index (χ0) is 17.9. The molecule has 0 unspecified atom stereocenters. The minimum absolute atomic E-state index is 0.0103. The van der Waals surface area contributed by atoms with Crippen LogP contribution in [0, 0.1) is 0 Å². The first kappa shape index (κ1) is 16.6. The standard InChI is InChI=1S/C20H21N3O3/c24-13-17-12-21-23(18-4-2-1-3-5-18)19(17)15-6-9-22(10-7-15)20(25)16-8-11-26-14-16/h1-5,8,11-12,14-15,24H,6-7,9-10,13H2. The minimum atomic E-state index is -0.0314. The van der Waals surface area contributed by atoms with Gasteiger partial charge in [0.05, 0.1) is 36.0 Å². The van der Waals surface area contributed by atoms with Crippen LogP contribution in [0.3, 0.4) is 0 Å². The third-order valence-corrected chi connectivity index (χ3v) is 4.99. The van der Waals surface area contributed by atoms with Gasteiger partial charge in [-0.1, -0.05) is 18.2 Å². The Hall–Kier alpha value is -2.86. The number of hydrogen-bond donors (Lipinski definition) is 1. The van der Waals surface area contributed by atoms with Crippen molar-refractivity contribution < 1.29 is 14.3 Å². The highest BCUT2D eigenvalue weighted by Crippen LogP contribution is 2.32. The van der Waals surface area contributed by atoms with Crippen molar-refractivity contribution in [2.24, 2.45) is 0 Å². The van der Waals surface area contributed by atoms with Gasteiger partial charge in [0.1, 0.15) is 6.26 Å². The number of aliphatic hydroxyl groups is 1. The number of likely N-dealkylation sites (tertiary alicyclic amines) is 1. The van der Waals surface area contributed by atoms with Crippen LogP contribution in [0.25, 0.3) is 5.69 Å². The summed E-state index contributed by atoms with van der Waals surface area (Å²) in [5, 5.41) is 14.2. The van der Waals surface area contributed by atoms with E-state index in [1.165, 1.54) is 12.5 Å². The summed E-state index contributed by atoms with van der Waals surface area (Å²) < 4.78 is 6.94. The van der Waals surface area contributed by atoms with E-state index in [4.69, 9.17) is 4.42 Å². The van der Waals surface area contributed by atoms with E-state index in [-0.39, 0.29) is 18.4 Å². The Morgan fingerprint density at radius 1 is 1.19 bits per heavy atom. The molecule has 6 heteroatoms. The number of carbonyl (C=O) groups is 1. The molecule has 0 aliphatic carbocycles. The van der Waals surface area contributed by atoms with Gasteiger partial charge in [-0.3, -0.25) is 4.79 Å². The summed E-state index contributed by atoms with van der Waals surface area (Å²) in [5.74, 6) is 0.268. The molecule has 0 radical (unpaired) electrons. The summed E-state index contributed by atoms with van der Waals surface area (Å²) in [5.41, 5.74) is 3.48. The molecular formula is C20H21N3O3. The van der Waals surface area contributed by atoms with Crippen molar-refractivity contribution in [2.75, 3.05) is 13.1 Å². The Bertz CT molecular complexity index is 863. The number of aromatic nitrogens is 2.